The highest BCUT2D eigenvalue weighted by Gasteiger charge is 2.12. The minimum absolute atomic E-state index is 0.104. The highest BCUT2D eigenvalue weighted by atomic mass is 16.5. The molecule has 84 valence electrons. The molecular weight excluding hydrogens is 206 g/mol. The van der Waals surface area contributed by atoms with Crippen molar-refractivity contribution in [3.63, 3.8) is 0 Å². The van der Waals surface area contributed by atoms with Gasteiger partial charge in [-0.15, -0.1) is 0 Å². The number of aromatic amines is 1. The molecule has 2 aromatic rings. The largest absolute Gasteiger partial charge is 0.506 e. The maximum atomic E-state index is 9.78. The molecule has 0 fully saturated rings. The Labute approximate surface area is 93.1 Å². The van der Waals surface area contributed by atoms with E-state index >= 15 is 0 Å². The van der Waals surface area contributed by atoms with Gasteiger partial charge in [-0.05, 0) is 6.92 Å². The Kier molecular flexibility index (Phi) is 3.16. The van der Waals surface area contributed by atoms with Gasteiger partial charge in [-0.3, -0.25) is 4.98 Å². The van der Waals surface area contributed by atoms with Gasteiger partial charge in [0.15, 0.2) is 0 Å². The minimum atomic E-state index is 0.104. The molecule has 0 atom stereocenters. The van der Waals surface area contributed by atoms with E-state index in [9.17, 15) is 5.11 Å². The SMILES string of the molecule is CCOCc1cncc(O)c1-c1ncc[nH]1. The summed E-state index contributed by atoms with van der Waals surface area (Å²) < 4.78 is 5.32. The first-order chi connectivity index (χ1) is 7.83. The fraction of sp³-hybridized carbons (Fsp3) is 0.273. The van der Waals surface area contributed by atoms with E-state index in [1.807, 2.05) is 6.92 Å². The van der Waals surface area contributed by atoms with E-state index < -0.39 is 0 Å². The summed E-state index contributed by atoms with van der Waals surface area (Å²) in [5.74, 6) is 0.724. The minimum Gasteiger partial charge on any atom is -0.506 e. The molecule has 0 aliphatic carbocycles. The summed E-state index contributed by atoms with van der Waals surface area (Å²) in [5, 5.41) is 9.78. The number of imidazole rings is 1. The van der Waals surface area contributed by atoms with Gasteiger partial charge >= 0.3 is 0 Å². The number of hydrogen-bond acceptors (Lipinski definition) is 4. The van der Waals surface area contributed by atoms with Crippen molar-refractivity contribution in [1.29, 1.82) is 0 Å². The van der Waals surface area contributed by atoms with Crippen molar-refractivity contribution < 1.29 is 9.84 Å². The third-order valence-corrected chi connectivity index (χ3v) is 2.20. The summed E-state index contributed by atoms with van der Waals surface area (Å²) in [6.45, 7) is 2.95. The average molecular weight is 219 g/mol. The Bertz CT molecular complexity index is 454. The Morgan fingerprint density at radius 1 is 1.44 bits per heavy atom. The van der Waals surface area contributed by atoms with Crippen LogP contribution in [0.5, 0.6) is 5.75 Å². The number of nitrogens with zero attached hydrogens (tertiary/aromatic N) is 2. The maximum Gasteiger partial charge on any atom is 0.145 e. The molecule has 16 heavy (non-hydrogen) atoms. The van der Waals surface area contributed by atoms with Crippen molar-refractivity contribution in [3.05, 3.63) is 30.4 Å². The number of nitrogens with one attached hydrogen (secondary N) is 1. The van der Waals surface area contributed by atoms with Crippen molar-refractivity contribution in [2.45, 2.75) is 13.5 Å². The zero-order chi connectivity index (χ0) is 11.4. The number of aromatic hydroxyl groups is 1. The summed E-state index contributed by atoms with van der Waals surface area (Å²) in [6.07, 6.45) is 6.42. The van der Waals surface area contributed by atoms with Gasteiger partial charge in [0.1, 0.15) is 11.6 Å². The van der Waals surface area contributed by atoms with Crippen molar-refractivity contribution in [2.75, 3.05) is 6.61 Å². The Morgan fingerprint density at radius 3 is 3.00 bits per heavy atom. The fourth-order valence-corrected chi connectivity index (χ4v) is 1.49. The molecule has 5 heteroatoms. The van der Waals surface area contributed by atoms with Gasteiger partial charge in [-0.1, -0.05) is 0 Å². The van der Waals surface area contributed by atoms with Crippen molar-refractivity contribution in [2.24, 2.45) is 0 Å². The van der Waals surface area contributed by atoms with Gasteiger partial charge in [0.25, 0.3) is 0 Å². The highest BCUT2D eigenvalue weighted by molar-refractivity contribution is 5.66. The first-order valence-electron chi connectivity index (χ1n) is 5.06. The lowest BCUT2D eigenvalue weighted by Gasteiger charge is -2.08. The number of ether oxygens (including phenoxy) is 1. The van der Waals surface area contributed by atoms with Crippen LogP contribution in [-0.2, 0) is 11.3 Å². The smallest absolute Gasteiger partial charge is 0.145 e. The lowest BCUT2D eigenvalue weighted by molar-refractivity contribution is 0.134. The van der Waals surface area contributed by atoms with E-state index in [1.165, 1.54) is 6.20 Å². The number of hydrogen-bond donors (Lipinski definition) is 2. The molecule has 0 aliphatic heterocycles. The third-order valence-electron chi connectivity index (χ3n) is 2.20. The Balaban J connectivity index is 2.41. The second-order valence-electron chi connectivity index (χ2n) is 3.27. The highest BCUT2D eigenvalue weighted by Crippen LogP contribution is 2.29. The molecule has 2 N–H and O–H groups in total. The van der Waals surface area contributed by atoms with E-state index in [4.69, 9.17) is 4.74 Å². The van der Waals surface area contributed by atoms with E-state index in [0.717, 1.165) is 5.56 Å². The topological polar surface area (TPSA) is 71.0 Å². The molecule has 0 spiro atoms. The van der Waals surface area contributed by atoms with Crippen LogP contribution in [0.4, 0.5) is 0 Å². The normalized spacial score (nSPS) is 10.6. The molecule has 2 rings (SSSR count). The Morgan fingerprint density at radius 2 is 2.31 bits per heavy atom. The van der Waals surface area contributed by atoms with Crippen LogP contribution >= 0.6 is 0 Å². The number of H-pyrrole nitrogens is 1. The lowest BCUT2D eigenvalue weighted by atomic mass is 10.1. The Hall–Kier alpha value is -1.88. The molecule has 0 bridgehead atoms. The summed E-state index contributed by atoms with van der Waals surface area (Å²) in [6, 6.07) is 0. The molecule has 0 radical (unpaired) electrons. The monoisotopic (exact) mass is 219 g/mol. The molecule has 2 aromatic heterocycles. The van der Waals surface area contributed by atoms with E-state index in [0.29, 0.717) is 24.6 Å². The van der Waals surface area contributed by atoms with E-state index in [2.05, 4.69) is 15.0 Å². The van der Waals surface area contributed by atoms with Crippen LogP contribution in [0.1, 0.15) is 12.5 Å². The van der Waals surface area contributed by atoms with Crippen LogP contribution in [0.25, 0.3) is 11.4 Å². The molecular formula is C11H13N3O2. The molecule has 5 nitrogen and oxygen atoms in total. The zero-order valence-electron chi connectivity index (χ0n) is 8.97. The zero-order valence-corrected chi connectivity index (χ0v) is 8.97. The van der Waals surface area contributed by atoms with Gasteiger partial charge in [-0.25, -0.2) is 4.98 Å². The van der Waals surface area contributed by atoms with Gasteiger partial charge in [0.05, 0.1) is 18.4 Å². The molecule has 0 saturated heterocycles. The summed E-state index contributed by atoms with van der Waals surface area (Å²) in [5.41, 5.74) is 1.46. The summed E-state index contributed by atoms with van der Waals surface area (Å²) in [7, 11) is 0. The number of aromatic nitrogens is 3. The first kappa shape index (κ1) is 10.6. The predicted molar refractivity (Wildman–Crippen MR) is 58.8 cm³/mol. The summed E-state index contributed by atoms with van der Waals surface area (Å²) >= 11 is 0. The second kappa shape index (κ2) is 4.76. The van der Waals surface area contributed by atoms with Crippen LogP contribution in [0, 0.1) is 0 Å². The van der Waals surface area contributed by atoms with E-state index in [1.54, 1.807) is 18.6 Å². The molecule has 0 amide bonds. The lowest BCUT2D eigenvalue weighted by Crippen LogP contribution is -1.97. The molecule has 2 heterocycles. The average Bonchev–Trinajstić information content (AvgIpc) is 2.79. The van der Waals surface area contributed by atoms with Crippen LogP contribution in [-0.4, -0.2) is 26.7 Å². The second-order valence-corrected chi connectivity index (χ2v) is 3.27. The standard InChI is InChI=1S/C11H13N3O2/c1-2-16-7-8-5-12-6-9(15)10(8)11-13-3-4-14-11/h3-6,15H,2,7H2,1H3,(H,13,14). The van der Waals surface area contributed by atoms with Crippen LogP contribution in [0.2, 0.25) is 0 Å². The maximum absolute atomic E-state index is 9.78. The van der Waals surface area contributed by atoms with Crippen LogP contribution in [0.3, 0.4) is 0 Å². The van der Waals surface area contributed by atoms with Crippen LogP contribution < -0.4 is 0 Å². The van der Waals surface area contributed by atoms with Crippen molar-refractivity contribution >= 4 is 0 Å². The van der Waals surface area contributed by atoms with Gasteiger partial charge in [0.2, 0.25) is 0 Å². The first-order valence-corrected chi connectivity index (χ1v) is 5.06. The number of rotatable bonds is 4. The van der Waals surface area contributed by atoms with Crippen LogP contribution in [0.15, 0.2) is 24.8 Å². The van der Waals surface area contributed by atoms with Gasteiger partial charge in [-0.2, -0.15) is 0 Å². The molecule has 0 aliphatic rings. The van der Waals surface area contributed by atoms with E-state index in [-0.39, 0.29) is 5.75 Å². The number of pyridine rings is 1. The molecule has 0 aromatic carbocycles. The predicted octanol–water partition coefficient (Wildman–Crippen LogP) is 1.71. The quantitative estimate of drug-likeness (QED) is 0.821. The third kappa shape index (κ3) is 2.04. The fourth-order valence-electron chi connectivity index (χ4n) is 1.49. The van der Waals surface area contributed by atoms with Gasteiger partial charge in [0, 0.05) is 30.8 Å². The molecule has 0 unspecified atom stereocenters. The van der Waals surface area contributed by atoms with Gasteiger partial charge < -0.3 is 14.8 Å². The van der Waals surface area contributed by atoms with Crippen molar-refractivity contribution in [1.82, 2.24) is 15.0 Å². The molecule has 0 saturated carbocycles. The summed E-state index contributed by atoms with van der Waals surface area (Å²) in [4.78, 5) is 11.0. The van der Waals surface area contributed by atoms with Crippen molar-refractivity contribution in [3.8, 4) is 17.1 Å².